The van der Waals surface area contributed by atoms with E-state index in [1.165, 1.54) is 0 Å². The van der Waals surface area contributed by atoms with Gasteiger partial charge in [-0.15, -0.1) is 11.3 Å². The number of rotatable bonds is 2. The van der Waals surface area contributed by atoms with Crippen molar-refractivity contribution in [2.45, 2.75) is 26.4 Å². The Morgan fingerprint density at radius 2 is 2.15 bits per heavy atom. The number of aromatic nitrogens is 1. The van der Waals surface area contributed by atoms with Gasteiger partial charge in [0.15, 0.2) is 0 Å². The van der Waals surface area contributed by atoms with Gasteiger partial charge in [0, 0.05) is 25.0 Å². The zero-order valence-corrected chi connectivity index (χ0v) is 12.4. The highest BCUT2D eigenvalue weighted by Gasteiger charge is 2.30. The number of hydrogen-bond donors (Lipinski definition) is 0. The minimum Gasteiger partial charge on any atom is -0.361 e. The quantitative estimate of drug-likeness (QED) is 0.852. The molecule has 1 amide bonds. The average Bonchev–Trinajstić information content (AvgIpc) is 2.91. The second-order valence-electron chi connectivity index (χ2n) is 5.03. The van der Waals surface area contributed by atoms with Crippen LogP contribution in [-0.2, 0) is 11.3 Å². The molecule has 0 N–H and O–H groups in total. The molecule has 1 aliphatic rings. The minimum absolute atomic E-state index is 0.0962. The molecule has 2 heterocycles. The van der Waals surface area contributed by atoms with Gasteiger partial charge in [-0.3, -0.25) is 4.79 Å². The Kier molecular flexibility index (Phi) is 3.44. The van der Waals surface area contributed by atoms with Crippen molar-refractivity contribution >= 4 is 28.6 Å². The lowest BCUT2D eigenvalue weighted by molar-refractivity contribution is -0.117. The Morgan fingerprint density at radius 1 is 1.40 bits per heavy atom. The number of carbonyl (C=O) groups excluding carboxylic acids is 1. The molecule has 0 radical (unpaired) electrons. The van der Waals surface area contributed by atoms with E-state index in [0.29, 0.717) is 0 Å². The highest BCUT2D eigenvalue weighted by Crippen LogP contribution is 2.36. The van der Waals surface area contributed by atoms with E-state index in [1.54, 1.807) is 18.3 Å². The first-order chi connectivity index (χ1) is 9.66. The van der Waals surface area contributed by atoms with Crippen molar-refractivity contribution in [3.05, 3.63) is 40.8 Å². The van der Waals surface area contributed by atoms with Crippen LogP contribution in [0.4, 0.5) is 11.4 Å². The van der Waals surface area contributed by atoms with Crippen LogP contribution in [0.3, 0.4) is 0 Å². The summed E-state index contributed by atoms with van der Waals surface area (Å²) in [6, 6.07) is 8.25. The summed E-state index contributed by atoms with van der Waals surface area (Å²) in [5.74, 6) is 0.0962. The standard InChI is InChI=1S/C15H17N3OS/c1-11-9-17(10-15-16-7-8-20-15)13-5-3-4-6-14(13)18(11)12(2)19/h3-8,11H,9-10H2,1-2H3/t11-/m0/s1. The maximum atomic E-state index is 11.9. The van der Waals surface area contributed by atoms with Crippen molar-refractivity contribution in [2.75, 3.05) is 16.3 Å². The van der Waals surface area contributed by atoms with Crippen LogP contribution in [0.25, 0.3) is 0 Å². The van der Waals surface area contributed by atoms with Crippen LogP contribution >= 0.6 is 11.3 Å². The van der Waals surface area contributed by atoms with Crippen molar-refractivity contribution in [1.29, 1.82) is 0 Å². The number of thiazole rings is 1. The van der Waals surface area contributed by atoms with E-state index in [1.807, 2.05) is 34.7 Å². The third kappa shape index (κ3) is 2.29. The molecule has 5 heteroatoms. The van der Waals surface area contributed by atoms with Crippen molar-refractivity contribution in [2.24, 2.45) is 0 Å². The Labute approximate surface area is 122 Å². The molecule has 0 aliphatic carbocycles. The van der Waals surface area contributed by atoms with Gasteiger partial charge < -0.3 is 9.80 Å². The van der Waals surface area contributed by atoms with E-state index < -0.39 is 0 Å². The predicted octanol–water partition coefficient (Wildman–Crippen LogP) is 2.90. The Hall–Kier alpha value is -1.88. The van der Waals surface area contributed by atoms with Gasteiger partial charge in [-0.25, -0.2) is 4.98 Å². The summed E-state index contributed by atoms with van der Waals surface area (Å²) in [4.78, 5) is 20.4. The molecule has 1 aromatic carbocycles. The molecule has 0 unspecified atom stereocenters. The number of nitrogens with zero attached hydrogens (tertiary/aromatic N) is 3. The molecule has 20 heavy (non-hydrogen) atoms. The minimum atomic E-state index is 0.0962. The number of hydrogen-bond acceptors (Lipinski definition) is 4. The van der Waals surface area contributed by atoms with Crippen molar-refractivity contribution in [1.82, 2.24) is 4.98 Å². The van der Waals surface area contributed by atoms with Gasteiger partial charge in [0.05, 0.1) is 24.0 Å². The van der Waals surface area contributed by atoms with E-state index in [-0.39, 0.29) is 11.9 Å². The fraction of sp³-hybridized carbons (Fsp3) is 0.333. The second kappa shape index (κ2) is 5.25. The summed E-state index contributed by atoms with van der Waals surface area (Å²) in [7, 11) is 0. The number of carbonyl (C=O) groups is 1. The van der Waals surface area contributed by atoms with Crippen LogP contribution < -0.4 is 9.80 Å². The van der Waals surface area contributed by atoms with Crippen LogP contribution in [0.15, 0.2) is 35.8 Å². The third-order valence-electron chi connectivity index (χ3n) is 3.56. The lowest BCUT2D eigenvalue weighted by Gasteiger charge is -2.41. The van der Waals surface area contributed by atoms with Gasteiger partial charge in [0.2, 0.25) is 5.91 Å². The van der Waals surface area contributed by atoms with Crippen LogP contribution in [0.2, 0.25) is 0 Å². The molecule has 1 atom stereocenters. The molecular formula is C15H17N3OS. The third-order valence-corrected chi connectivity index (χ3v) is 4.32. The molecule has 0 saturated heterocycles. The van der Waals surface area contributed by atoms with E-state index in [4.69, 9.17) is 0 Å². The molecule has 2 aromatic rings. The summed E-state index contributed by atoms with van der Waals surface area (Å²) in [6.07, 6.45) is 1.83. The van der Waals surface area contributed by atoms with Gasteiger partial charge in [0.25, 0.3) is 0 Å². The average molecular weight is 287 g/mol. The normalized spacial score (nSPS) is 18.0. The molecule has 4 nitrogen and oxygen atoms in total. The van der Waals surface area contributed by atoms with Crippen LogP contribution in [-0.4, -0.2) is 23.5 Å². The molecule has 1 aromatic heterocycles. The van der Waals surface area contributed by atoms with E-state index in [9.17, 15) is 4.79 Å². The summed E-state index contributed by atoms with van der Waals surface area (Å²) in [6.45, 7) is 5.34. The van der Waals surface area contributed by atoms with E-state index in [0.717, 1.165) is 29.5 Å². The Balaban J connectivity index is 1.97. The smallest absolute Gasteiger partial charge is 0.224 e. The largest absolute Gasteiger partial charge is 0.361 e. The molecule has 3 rings (SSSR count). The molecule has 0 saturated carbocycles. The number of benzene rings is 1. The Morgan fingerprint density at radius 3 is 2.80 bits per heavy atom. The summed E-state index contributed by atoms with van der Waals surface area (Å²) < 4.78 is 0. The maximum Gasteiger partial charge on any atom is 0.224 e. The first kappa shape index (κ1) is 13.1. The molecule has 1 aliphatic heterocycles. The van der Waals surface area contributed by atoms with Gasteiger partial charge in [-0.1, -0.05) is 12.1 Å². The van der Waals surface area contributed by atoms with Crippen molar-refractivity contribution < 1.29 is 4.79 Å². The van der Waals surface area contributed by atoms with Crippen LogP contribution in [0.1, 0.15) is 18.9 Å². The number of fused-ring (bicyclic) bond motifs is 1. The lowest BCUT2D eigenvalue weighted by Crippen LogP contribution is -2.49. The zero-order valence-electron chi connectivity index (χ0n) is 11.6. The van der Waals surface area contributed by atoms with Crippen LogP contribution in [0.5, 0.6) is 0 Å². The predicted molar refractivity (Wildman–Crippen MR) is 82.2 cm³/mol. The fourth-order valence-corrected chi connectivity index (χ4v) is 3.43. The molecule has 0 spiro atoms. The first-order valence-electron chi connectivity index (χ1n) is 6.69. The highest BCUT2D eigenvalue weighted by atomic mass is 32.1. The van der Waals surface area contributed by atoms with Gasteiger partial charge >= 0.3 is 0 Å². The number of anilines is 2. The van der Waals surface area contributed by atoms with Gasteiger partial charge in [0.1, 0.15) is 5.01 Å². The van der Waals surface area contributed by atoms with Crippen molar-refractivity contribution in [3.8, 4) is 0 Å². The van der Waals surface area contributed by atoms with Crippen LogP contribution in [0, 0.1) is 0 Å². The molecule has 104 valence electrons. The second-order valence-corrected chi connectivity index (χ2v) is 6.01. The highest BCUT2D eigenvalue weighted by molar-refractivity contribution is 7.09. The Bertz CT molecular complexity index is 611. The maximum absolute atomic E-state index is 11.9. The summed E-state index contributed by atoms with van der Waals surface area (Å²) in [5, 5.41) is 3.10. The van der Waals surface area contributed by atoms with E-state index >= 15 is 0 Å². The van der Waals surface area contributed by atoms with Gasteiger partial charge in [-0.2, -0.15) is 0 Å². The van der Waals surface area contributed by atoms with Crippen molar-refractivity contribution in [3.63, 3.8) is 0 Å². The molecule has 0 fully saturated rings. The fourth-order valence-electron chi connectivity index (χ4n) is 2.80. The zero-order chi connectivity index (χ0) is 14.1. The monoisotopic (exact) mass is 287 g/mol. The van der Waals surface area contributed by atoms with E-state index in [2.05, 4.69) is 22.9 Å². The molecular weight excluding hydrogens is 270 g/mol. The SMILES string of the molecule is CC(=O)N1c2ccccc2N(Cc2nccs2)C[C@@H]1C. The lowest BCUT2D eigenvalue weighted by atomic mass is 10.1. The molecule has 0 bridgehead atoms. The number of para-hydroxylation sites is 2. The summed E-state index contributed by atoms with van der Waals surface area (Å²) >= 11 is 1.67. The first-order valence-corrected chi connectivity index (χ1v) is 7.57. The summed E-state index contributed by atoms with van der Waals surface area (Å²) in [5.41, 5.74) is 2.10. The topological polar surface area (TPSA) is 36.4 Å². The number of amides is 1. The van der Waals surface area contributed by atoms with Gasteiger partial charge in [-0.05, 0) is 19.1 Å².